The lowest BCUT2D eigenvalue weighted by Gasteiger charge is -2.34. The number of ether oxygens (including phenoxy) is 4. The number of thiazole rings is 1. The molecule has 23 heteroatoms. The molecule has 0 bridgehead atoms. The van der Waals surface area contributed by atoms with Gasteiger partial charge in [0, 0.05) is 87.0 Å². The summed E-state index contributed by atoms with van der Waals surface area (Å²) in [5.74, 6) is 2.29. The summed E-state index contributed by atoms with van der Waals surface area (Å²) in [6.07, 6.45) is 0. The molecule has 0 radical (unpaired) electrons. The van der Waals surface area contributed by atoms with Crippen LogP contribution in [-0.2, 0) is 0 Å². The van der Waals surface area contributed by atoms with Gasteiger partial charge in [-0.2, -0.15) is 14.9 Å². The molecule has 71 heavy (non-hydrogen) atoms. The number of Topliss-reactive ketones (excluding diaryl/α,β-unsaturated/α-hetero) is 1. The summed E-state index contributed by atoms with van der Waals surface area (Å²) in [7, 11) is 10.3. The highest BCUT2D eigenvalue weighted by Gasteiger charge is 2.22. The monoisotopic (exact) mass is 1120 g/mol. The first kappa shape index (κ1) is 58.2. The van der Waals surface area contributed by atoms with Crippen LogP contribution in [0.5, 0.6) is 23.0 Å². The van der Waals surface area contributed by atoms with Gasteiger partial charge in [-0.3, -0.25) is 9.59 Å². The summed E-state index contributed by atoms with van der Waals surface area (Å²) in [5, 5.41) is 7.28. The molecule has 2 aliphatic rings. The number of carbonyl (C=O) groups is 2. The van der Waals surface area contributed by atoms with Gasteiger partial charge in [-0.05, 0) is 92.7 Å². The van der Waals surface area contributed by atoms with E-state index in [0.29, 0.717) is 72.5 Å². The number of hydrogen-bond donors (Lipinski definition) is 4. The molecule has 0 amide bonds. The zero-order valence-electron chi connectivity index (χ0n) is 40.9. The lowest BCUT2D eigenvalue weighted by Crippen LogP contribution is -2.44. The average molecular weight is 1120 g/mol. The zero-order chi connectivity index (χ0) is 50.9. The molecule has 16 nitrogen and oxygen atoms in total. The fourth-order valence-corrected chi connectivity index (χ4v) is 8.91. The smallest absolute Gasteiger partial charge is 0.207 e. The number of aromatic nitrogens is 1. The molecular weight excluding hydrogens is 1060 g/mol. The number of nitrogens with zero attached hydrogens (tertiary/aromatic N) is 6. The van der Waals surface area contributed by atoms with Crippen LogP contribution in [0.3, 0.4) is 0 Å². The molecule has 2 saturated heterocycles. The summed E-state index contributed by atoms with van der Waals surface area (Å²) in [6.45, 7) is 8.87. The molecule has 0 saturated carbocycles. The number of piperazine rings is 2. The normalized spacial score (nSPS) is 13.9. The number of methoxy groups -OCH3 is 4. The second-order valence-corrected chi connectivity index (χ2v) is 18.9. The van der Waals surface area contributed by atoms with Gasteiger partial charge < -0.3 is 60.6 Å². The predicted octanol–water partition coefficient (Wildman–Crippen LogP) is 8.29. The van der Waals surface area contributed by atoms with Crippen LogP contribution in [0.4, 0.5) is 42.5 Å². The van der Waals surface area contributed by atoms with E-state index >= 15 is 0 Å². The van der Waals surface area contributed by atoms with E-state index in [2.05, 4.69) is 65.3 Å². The van der Waals surface area contributed by atoms with Crippen molar-refractivity contribution in [2.24, 2.45) is 10.7 Å². The fraction of sp³-hybridized carbons (Fsp3) is 0.354. The first-order valence-corrected chi connectivity index (χ1v) is 25.3. The largest absolute Gasteiger partial charge is 0.497 e. The summed E-state index contributed by atoms with van der Waals surface area (Å²) in [4.78, 5) is 41.6. The number of nitrogens with one attached hydrogen (secondary N) is 2. The van der Waals surface area contributed by atoms with E-state index < -0.39 is 0 Å². The van der Waals surface area contributed by atoms with Crippen LogP contribution < -0.4 is 50.8 Å². The molecule has 3 heterocycles. The van der Waals surface area contributed by atoms with Gasteiger partial charge in [0.05, 0.1) is 45.1 Å². The standard InChI is InChI=1S/C23H26FN5O3S.C15H22FN5S2.C10H11BrO3.H3P/c1-28-6-8-29(9-7-28)19-5-4-15(12-18(19)24)26-23-27-22(25)21(33-23)20(30)14-10-16(31-2)13-17(11-14)32-3;1-3-23-14(17)19-15(22)18-11-4-5-13(12(16)10-11)21-8-6-20(2)7-9-21;1-13-8-3-7(10(12)6-11)4-9(5-8)14-2;/h4-5,10-13H,6-9,25H2,1-3H3,(H,26,27);4-5,10H,3,6-9H2,1-2H3,(H3,17,18,19,22);3-5H,6H2,1-2H3;1H3. The highest BCUT2D eigenvalue weighted by atomic mass is 79.9. The number of likely N-dealkylation sites (N-methyl/N-ethyl adjacent to an activating group) is 2. The van der Waals surface area contributed by atoms with Crippen molar-refractivity contribution in [1.29, 1.82) is 0 Å². The highest BCUT2D eigenvalue weighted by molar-refractivity contribution is 9.09. The third-order valence-electron chi connectivity index (χ3n) is 10.9. The number of ketones is 2. The van der Waals surface area contributed by atoms with Crippen LogP contribution in [-0.4, -0.2) is 143 Å². The lowest BCUT2D eigenvalue weighted by atomic mass is 10.1. The quantitative estimate of drug-likeness (QED) is 0.0208. The van der Waals surface area contributed by atoms with Crippen molar-refractivity contribution in [2.45, 2.75) is 6.92 Å². The van der Waals surface area contributed by atoms with E-state index in [1.165, 1.54) is 38.1 Å². The van der Waals surface area contributed by atoms with Gasteiger partial charge in [0.2, 0.25) is 5.78 Å². The van der Waals surface area contributed by atoms with Crippen molar-refractivity contribution in [1.82, 2.24) is 14.8 Å². The van der Waals surface area contributed by atoms with Gasteiger partial charge in [-0.1, -0.05) is 46.0 Å². The Kier molecular flexibility index (Phi) is 23.5. The predicted molar refractivity (Wildman–Crippen MR) is 300 cm³/mol. The number of nitrogens with two attached hydrogens (primary N) is 2. The molecule has 384 valence electrons. The van der Waals surface area contributed by atoms with Crippen molar-refractivity contribution in [3.05, 3.63) is 100 Å². The van der Waals surface area contributed by atoms with Gasteiger partial charge in [0.25, 0.3) is 0 Å². The fourth-order valence-electron chi connectivity index (χ4n) is 7.00. The number of carbonyl (C=O) groups excluding carboxylic acids is 2. The molecule has 2 fully saturated rings. The molecule has 5 aromatic rings. The highest BCUT2D eigenvalue weighted by Crippen LogP contribution is 2.33. The van der Waals surface area contributed by atoms with Crippen LogP contribution in [0.15, 0.2) is 77.8 Å². The number of thioether (sulfide) groups is 1. The number of halogens is 3. The molecular formula is C48H62BrF2N10O6PS3. The van der Waals surface area contributed by atoms with Crippen molar-refractivity contribution in [2.75, 3.05) is 132 Å². The molecule has 7 rings (SSSR count). The minimum absolute atomic E-state index is 0. The SMILES string of the molecule is CCSC(N)=NC(=S)Nc1ccc(N2CCN(C)CC2)c(F)c1.COc1cc(OC)cc(C(=O)CBr)c1.COc1cc(OC)cc(C(=O)c2sc(Nc3ccc(N4CCN(C)CC4)c(F)c3)nc2N)c1.P. The molecule has 1 atom stereocenters. The zero-order valence-corrected chi connectivity index (χ0v) is 46.3. The van der Waals surface area contributed by atoms with E-state index in [4.69, 9.17) is 42.6 Å². The van der Waals surface area contributed by atoms with Gasteiger partial charge in [-0.15, -0.1) is 0 Å². The van der Waals surface area contributed by atoms with E-state index in [9.17, 15) is 18.4 Å². The Bertz CT molecular complexity index is 2580. The number of aliphatic imine (C=N–C) groups is 1. The Morgan fingerprint density at radius 3 is 1.65 bits per heavy atom. The topological polar surface area (TPSA) is 185 Å². The van der Waals surface area contributed by atoms with Crippen LogP contribution >= 0.6 is 61.1 Å². The summed E-state index contributed by atoms with van der Waals surface area (Å²) >= 11 is 10.7. The van der Waals surface area contributed by atoms with E-state index in [-0.39, 0.29) is 48.9 Å². The number of thiocarbonyl (C=S) groups is 1. The maximum Gasteiger partial charge on any atom is 0.207 e. The van der Waals surface area contributed by atoms with Crippen LogP contribution in [0.1, 0.15) is 32.5 Å². The first-order valence-electron chi connectivity index (χ1n) is 22.0. The number of rotatable bonds is 14. The Hall–Kier alpha value is -5.35. The third kappa shape index (κ3) is 17.1. The van der Waals surface area contributed by atoms with Crippen molar-refractivity contribution >= 4 is 117 Å². The number of benzene rings is 4. The number of amidine groups is 1. The third-order valence-corrected chi connectivity index (χ3v) is 13.2. The van der Waals surface area contributed by atoms with E-state index in [0.717, 1.165) is 69.4 Å². The lowest BCUT2D eigenvalue weighted by molar-refractivity contribution is 0.102. The second-order valence-electron chi connectivity index (χ2n) is 15.7. The number of alkyl halides is 1. The molecule has 0 aliphatic carbocycles. The van der Waals surface area contributed by atoms with Gasteiger partial charge in [-0.25, -0.2) is 13.8 Å². The summed E-state index contributed by atoms with van der Waals surface area (Å²) < 4.78 is 49.7. The van der Waals surface area contributed by atoms with Crippen LogP contribution in [0, 0.1) is 11.6 Å². The van der Waals surface area contributed by atoms with Crippen molar-refractivity contribution in [3.63, 3.8) is 0 Å². The Balaban J connectivity index is 0.000000251. The summed E-state index contributed by atoms with van der Waals surface area (Å²) in [5.41, 5.74) is 15.0. The molecule has 6 N–H and O–H groups in total. The first-order chi connectivity index (χ1) is 33.6. The van der Waals surface area contributed by atoms with Crippen LogP contribution in [0.2, 0.25) is 0 Å². The molecule has 1 unspecified atom stereocenters. The van der Waals surface area contributed by atoms with Gasteiger partial charge in [0.1, 0.15) is 45.3 Å². The Labute approximate surface area is 439 Å². The minimum Gasteiger partial charge on any atom is -0.497 e. The van der Waals surface area contributed by atoms with Gasteiger partial charge in [0.15, 0.2) is 21.2 Å². The van der Waals surface area contributed by atoms with Gasteiger partial charge >= 0.3 is 0 Å². The number of anilines is 6. The van der Waals surface area contributed by atoms with Crippen LogP contribution in [0.25, 0.3) is 0 Å². The van der Waals surface area contributed by atoms with E-state index in [1.807, 2.05) is 17.9 Å². The average Bonchev–Trinajstić information content (AvgIpc) is 3.73. The maximum absolute atomic E-state index is 14.8. The van der Waals surface area contributed by atoms with Crippen molar-refractivity contribution in [3.8, 4) is 23.0 Å². The Morgan fingerprint density at radius 2 is 1.21 bits per heavy atom. The van der Waals surface area contributed by atoms with E-state index in [1.54, 1.807) is 68.8 Å². The number of hydrogen-bond acceptors (Lipinski definition) is 16. The molecule has 1 aromatic heterocycles. The van der Waals surface area contributed by atoms with Crippen molar-refractivity contribution < 1.29 is 37.3 Å². The molecule has 4 aromatic carbocycles. The minimum atomic E-state index is -0.311. The summed E-state index contributed by atoms with van der Waals surface area (Å²) in [6, 6.07) is 20.0. The maximum atomic E-state index is 14.8. The Morgan fingerprint density at radius 1 is 0.761 bits per heavy atom. The number of nitrogen functional groups attached to an aromatic ring is 1. The second kappa shape index (κ2) is 28.6. The molecule has 0 spiro atoms. The molecule has 2 aliphatic heterocycles.